The smallest absolute Gasteiger partial charge is 0.190 e. The highest BCUT2D eigenvalue weighted by molar-refractivity contribution is 7.14. The third-order valence-electron chi connectivity index (χ3n) is 4.23. The molecule has 6 heteroatoms. The Kier molecular flexibility index (Phi) is 5.46. The number of thiazole rings is 1. The SMILES string of the molecule is COc1ccc(CCn2c(-c3cccs3)csc2=Nc2cccnc2)cc1. The van der Waals surface area contributed by atoms with Crippen molar-refractivity contribution in [1.29, 1.82) is 0 Å². The zero-order valence-electron chi connectivity index (χ0n) is 14.9. The molecule has 136 valence electrons. The summed E-state index contributed by atoms with van der Waals surface area (Å²) in [5.41, 5.74) is 3.36. The molecule has 0 aliphatic rings. The Morgan fingerprint density at radius 3 is 2.67 bits per heavy atom. The monoisotopic (exact) mass is 393 g/mol. The van der Waals surface area contributed by atoms with Crippen molar-refractivity contribution in [1.82, 2.24) is 9.55 Å². The average molecular weight is 394 g/mol. The third-order valence-corrected chi connectivity index (χ3v) is 5.98. The van der Waals surface area contributed by atoms with E-state index in [4.69, 9.17) is 9.73 Å². The summed E-state index contributed by atoms with van der Waals surface area (Å²) in [5.74, 6) is 0.883. The number of methoxy groups -OCH3 is 1. The van der Waals surface area contributed by atoms with Gasteiger partial charge in [-0.1, -0.05) is 18.2 Å². The van der Waals surface area contributed by atoms with Gasteiger partial charge < -0.3 is 9.30 Å². The van der Waals surface area contributed by atoms with E-state index >= 15 is 0 Å². The number of rotatable bonds is 6. The molecule has 0 atom stereocenters. The number of nitrogens with zero attached hydrogens (tertiary/aromatic N) is 3. The Bertz CT molecular complexity index is 1050. The maximum Gasteiger partial charge on any atom is 0.190 e. The van der Waals surface area contributed by atoms with Crippen molar-refractivity contribution >= 4 is 28.4 Å². The number of aryl methyl sites for hydroxylation is 1. The molecular weight excluding hydrogens is 374 g/mol. The van der Waals surface area contributed by atoms with Crippen LogP contribution in [0, 0.1) is 0 Å². The van der Waals surface area contributed by atoms with Gasteiger partial charge in [0.15, 0.2) is 4.80 Å². The van der Waals surface area contributed by atoms with E-state index in [0.717, 1.165) is 29.2 Å². The molecule has 0 N–H and O–H groups in total. The molecule has 0 aliphatic carbocycles. The lowest BCUT2D eigenvalue weighted by Gasteiger charge is -2.09. The minimum Gasteiger partial charge on any atom is -0.497 e. The lowest BCUT2D eigenvalue weighted by molar-refractivity contribution is 0.414. The second-order valence-corrected chi connectivity index (χ2v) is 7.74. The van der Waals surface area contributed by atoms with Gasteiger partial charge in [-0.25, -0.2) is 4.99 Å². The van der Waals surface area contributed by atoms with Crippen molar-refractivity contribution in [2.75, 3.05) is 7.11 Å². The van der Waals surface area contributed by atoms with Gasteiger partial charge in [0.25, 0.3) is 0 Å². The molecule has 27 heavy (non-hydrogen) atoms. The number of hydrogen-bond acceptors (Lipinski definition) is 5. The predicted octanol–water partition coefficient (Wildman–Crippen LogP) is 5.16. The van der Waals surface area contributed by atoms with Crippen molar-refractivity contribution in [3.05, 3.63) is 82.0 Å². The van der Waals surface area contributed by atoms with E-state index in [0.29, 0.717) is 0 Å². The Morgan fingerprint density at radius 1 is 1.07 bits per heavy atom. The third kappa shape index (κ3) is 4.18. The van der Waals surface area contributed by atoms with E-state index in [2.05, 4.69) is 44.6 Å². The molecule has 0 radical (unpaired) electrons. The number of aromatic nitrogens is 2. The van der Waals surface area contributed by atoms with Crippen molar-refractivity contribution in [2.45, 2.75) is 13.0 Å². The minimum atomic E-state index is 0.863. The molecule has 0 saturated carbocycles. The molecule has 0 bridgehead atoms. The van der Waals surface area contributed by atoms with E-state index in [1.165, 1.54) is 16.1 Å². The van der Waals surface area contributed by atoms with Crippen molar-refractivity contribution < 1.29 is 4.74 Å². The number of benzene rings is 1. The fraction of sp³-hybridized carbons (Fsp3) is 0.143. The number of thiophene rings is 1. The van der Waals surface area contributed by atoms with Gasteiger partial charge in [0.05, 0.1) is 29.6 Å². The van der Waals surface area contributed by atoms with Crippen LogP contribution in [0.1, 0.15) is 5.56 Å². The molecule has 4 nitrogen and oxygen atoms in total. The van der Waals surface area contributed by atoms with Gasteiger partial charge in [-0.15, -0.1) is 22.7 Å². The highest BCUT2D eigenvalue weighted by Crippen LogP contribution is 2.26. The Morgan fingerprint density at radius 2 is 1.96 bits per heavy atom. The second-order valence-electron chi connectivity index (χ2n) is 5.95. The maximum atomic E-state index is 5.25. The van der Waals surface area contributed by atoms with Crippen LogP contribution in [0.15, 0.2) is 76.7 Å². The first-order valence-corrected chi connectivity index (χ1v) is 10.4. The molecule has 0 amide bonds. The van der Waals surface area contributed by atoms with Crippen LogP contribution in [-0.4, -0.2) is 16.7 Å². The molecule has 3 heterocycles. The Labute approximate surface area is 166 Å². The van der Waals surface area contributed by atoms with Gasteiger partial charge in [0, 0.05) is 18.1 Å². The Balaban J connectivity index is 1.68. The summed E-state index contributed by atoms with van der Waals surface area (Å²) in [4.78, 5) is 11.2. The van der Waals surface area contributed by atoms with E-state index in [1.807, 2.05) is 24.3 Å². The van der Waals surface area contributed by atoms with E-state index in [9.17, 15) is 0 Å². The van der Waals surface area contributed by atoms with Crippen LogP contribution in [0.4, 0.5) is 5.69 Å². The molecule has 0 fully saturated rings. The van der Waals surface area contributed by atoms with Crippen LogP contribution in [0.2, 0.25) is 0 Å². The molecule has 0 spiro atoms. The summed E-state index contributed by atoms with van der Waals surface area (Å²) in [5, 5.41) is 4.30. The highest BCUT2D eigenvalue weighted by Gasteiger charge is 2.09. The first-order valence-electron chi connectivity index (χ1n) is 8.63. The van der Waals surface area contributed by atoms with Gasteiger partial charge in [-0.05, 0) is 47.7 Å². The Hall–Kier alpha value is -2.70. The summed E-state index contributed by atoms with van der Waals surface area (Å²) in [6, 6.07) is 16.4. The standard InChI is InChI=1S/C21H19N3OS2/c1-25-18-8-6-16(7-9-18)10-12-24-19(20-5-3-13-26-20)15-27-21(24)23-17-4-2-11-22-14-17/h2-9,11,13-15H,10,12H2,1H3. The summed E-state index contributed by atoms with van der Waals surface area (Å²) in [6.07, 6.45) is 4.49. The van der Waals surface area contributed by atoms with Crippen LogP contribution in [0.5, 0.6) is 5.75 Å². The summed E-state index contributed by atoms with van der Waals surface area (Å²) < 4.78 is 7.55. The minimum absolute atomic E-state index is 0.863. The molecule has 3 aromatic heterocycles. The number of ether oxygens (including phenoxy) is 1. The topological polar surface area (TPSA) is 39.4 Å². The lowest BCUT2D eigenvalue weighted by atomic mass is 10.1. The summed E-state index contributed by atoms with van der Waals surface area (Å²) in [6.45, 7) is 0.863. The van der Waals surface area contributed by atoms with Gasteiger partial charge in [-0.2, -0.15) is 0 Å². The van der Waals surface area contributed by atoms with Crippen LogP contribution in [0.3, 0.4) is 0 Å². The van der Waals surface area contributed by atoms with Gasteiger partial charge in [0.2, 0.25) is 0 Å². The zero-order valence-corrected chi connectivity index (χ0v) is 16.5. The fourth-order valence-electron chi connectivity index (χ4n) is 2.82. The summed E-state index contributed by atoms with van der Waals surface area (Å²) >= 11 is 3.42. The van der Waals surface area contributed by atoms with E-state index in [1.54, 1.807) is 42.2 Å². The lowest BCUT2D eigenvalue weighted by Crippen LogP contribution is -2.17. The van der Waals surface area contributed by atoms with Crippen LogP contribution < -0.4 is 9.54 Å². The van der Waals surface area contributed by atoms with Gasteiger partial charge in [-0.3, -0.25) is 4.98 Å². The van der Waals surface area contributed by atoms with Crippen LogP contribution in [-0.2, 0) is 13.0 Å². The molecule has 0 aliphatic heterocycles. The first-order chi connectivity index (χ1) is 13.3. The number of pyridine rings is 1. The largest absolute Gasteiger partial charge is 0.497 e. The molecule has 4 aromatic rings. The molecule has 1 aromatic carbocycles. The van der Waals surface area contributed by atoms with Crippen molar-refractivity contribution in [3.63, 3.8) is 0 Å². The second kappa shape index (κ2) is 8.33. The molecular formula is C21H19N3OS2. The van der Waals surface area contributed by atoms with Crippen molar-refractivity contribution in [2.24, 2.45) is 4.99 Å². The van der Waals surface area contributed by atoms with Gasteiger partial charge >= 0.3 is 0 Å². The van der Waals surface area contributed by atoms with E-state index < -0.39 is 0 Å². The zero-order chi connectivity index (χ0) is 18.5. The predicted molar refractivity (Wildman–Crippen MR) is 112 cm³/mol. The van der Waals surface area contributed by atoms with Crippen molar-refractivity contribution in [3.8, 4) is 16.3 Å². The highest BCUT2D eigenvalue weighted by atomic mass is 32.1. The maximum absolute atomic E-state index is 5.25. The van der Waals surface area contributed by atoms with Gasteiger partial charge in [0.1, 0.15) is 5.75 Å². The summed E-state index contributed by atoms with van der Waals surface area (Å²) in [7, 11) is 1.69. The molecule has 4 rings (SSSR count). The molecule has 0 unspecified atom stereocenters. The number of hydrogen-bond donors (Lipinski definition) is 0. The fourth-order valence-corrected chi connectivity index (χ4v) is 4.59. The quantitative estimate of drug-likeness (QED) is 0.454. The van der Waals surface area contributed by atoms with Crippen LogP contribution >= 0.6 is 22.7 Å². The van der Waals surface area contributed by atoms with E-state index in [-0.39, 0.29) is 0 Å². The molecule has 0 saturated heterocycles. The first kappa shape index (κ1) is 17.7. The normalized spacial score (nSPS) is 11.7. The average Bonchev–Trinajstić information content (AvgIpc) is 3.37. The van der Waals surface area contributed by atoms with Crippen LogP contribution in [0.25, 0.3) is 10.6 Å².